The summed E-state index contributed by atoms with van der Waals surface area (Å²) in [6.07, 6.45) is 10.3. The summed E-state index contributed by atoms with van der Waals surface area (Å²) in [5, 5.41) is 0. The third-order valence-electron chi connectivity index (χ3n) is 4.74. The molecule has 0 saturated heterocycles. The molecule has 0 atom stereocenters. The van der Waals surface area contributed by atoms with Crippen molar-refractivity contribution in [3.8, 4) is 0 Å². The summed E-state index contributed by atoms with van der Waals surface area (Å²) in [5.74, 6) is 0.939. The van der Waals surface area contributed by atoms with E-state index < -0.39 is 0 Å². The molecule has 106 valence electrons. The Balaban J connectivity index is 1.85. The minimum absolute atomic E-state index is 0.0535. The lowest BCUT2D eigenvalue weighted by atomic mass is 9.73. The normalized spacial score (nSPS) is 27.4. The van der Waals surface area contributed by atoms with Gasteiger partial charge < -0.3 is 5.73 Å². The summed E-state index contributed by atoms with van der Waals surface area (Å²) in [4.78, 5) is 0. The van der Waals surface area contributed by atoms with Gasteiger partial charge in [0.25, 0.3) is 0 Å². The van der Waals surface area contributed by atoms with E-state index in [1.165, 1.54) is 56.1 Å². The lowest BCUT2D eigenvalue weighted by molar-refractivity contribution is 0.221. The first-order chi connectivity index (χ1) is 9.11. The molecule has 0 radical (unpaired) electrons. The van der Waals surface area contributed by atoms with Crippen molar-refractivity contribution in [1.82, 2.24) is 0 Å². The van der Waals surface area contributed by atoms with E-state index in [-0.39, 0.29) is 5.54 Å². The molecule has 1 heteroatoms. The number of rotatable bonds is 5. The van der Waals surface area contributed by atoms with Crippen molar-refractivity contribution in [2.24, 2.45) is 11.7 Å². The molecule has 0 bridgehead atoms. The van der Waals surface area contributed by atoms with Gasteiger partial charge in [-0.25, -0.2) is 0 Å². The smallest absolute Gasteiger partial charge is 0.0195 e. The molecular formula is C18H29N. The molecule has 1 aliphatic carbocycles. The number of hydrogen-bond donors (Lipinski definition) is 1. The maximum absolute atomic E-state index is 6.62. The van der Waals surface area contributed by atoms with Crippen LogP contribution in [0, 0.1) is 12.8 Å². The molecule has 1 aromatic carbocycles. The average Bonchev–Trinajstić information content (AvgIpc) is 2.41. The fourth-order valence-corrected chi connectivity index (χ4v) is 3.32. The second-order valence-electron chi connectivity index (χ2n) is 6.61. The molecular weight excluding hydrogens is 230 g/mol. The molecule has 0 amide bonds. The van der Waals surface area contributed by atoms with Crippen LogP contribution in [0.15, 0.2) is 24.3 Å². The number of aryl methyl sites for hydroxylation is 1. The number of nitrogens with two attached hydrogens (primary N) is 1. The molecule has 19 heavy (non-hydrogen) atoms. The first-order valence-electron chi connectivity index (χ1n) is 7.96. The fourth-order valence-electron chi connectivity index (χ4n) is 3.32. The lowest BCUT2D eigenvalue weighted by Crippen LogP contribution is -2.45. The van der Waals surface area contributed by atoms with Crippen LogP contribution in [0.4, 0.5) is 0 Å². The van der Waals surface area contributed by atoms with E-state index in [1.807, 2.05) is 0 Å². The Kier molecular flexibility index (Phi) is 5.04. The first kappa shape index (κ1) is 14.6. The van der Waals surface area contributed by atoms with Crippen molar-refractivity contribution in [1.29, 1.82) is 0 Å². The van der Waals surface area contributed by atoms with Gasteiger partial charge in [-0.1, -0.05) is 56.0 Å². The molecule has 2 N–H and O–H groups in total. The highest BCUT2D eigenvalue weighted by Crippen LogP contribution is 2.35. The Morgan fingerprint density at radius 2 is 1.79 bits per heavy atom. The van der Waals surface area contributed by atoms with Crippen molar-refractivity contribution in [3.63, 3.8) is 0 Å². The molecule has 2 rings (SSSR count). The van der Waals surface area contributed by atoms with Gasteiger partial charge in [0.2, 0.25) is 0 Å². The molecule has 1 fully saturated rings. The zero-order valence-corrected chi connectivity index (χ0v) is 12.6. The van der Waals surface area contributed by atoms with Crippen LogP contribution < -0.4 is 5.73 Å². The zero-order chi connectivity index (χ0) is 13.7. The van der Waals surface area contributed by atoms with Gasteiger partial charge in [0.1, 0.15) is 0 Å². The summed E-state index contributed by atoms with van der Waals surface area (Å²) < 4.78 is 0. The SMILES string of the molecule is CCCCC1CCC(N)(Cc2ccc(C)cc2)CC1. The van der Waals surface area contributed by atoms with Crippen molar-refractivity contribution < 1.29 is 0 Å². The quantitative estimate of drug-likeness (QED) is 0.820. The summed E-state index contributed by atoms with van der Waals surface area (Å²) >= 11 is 0. The summed E-state index contributed by atoms with van der Waals surface area (Å²) in [6, 6.07) is 8.89. The lowest BCUT2D eigenvalue weighted by Gasteiger charge is -2.37. The highest BCUT2D eigenvalue weighted by atomic mass is 14.7. The molecule has 1 nitrogen and oxygen atoms in total. The van der Waals surface area contributed by atoms with Gasteiger partial charge in [0, 0.05) is 5.54 Å². The Morgan fingerprint density at radius 3 is 2.37 bits per heavy atom. The molecule has 0 heterocycles. The zero-order valence-electron chi connectivity index (χ0n) is 12.6. The molecule has 0 aliphatic heterocycles. The van der Waals surface area contributed by atoms with Gasteiger partial charge in [-0.15, -0.1) is 0 Å². The Labute approximate surface area is 118 Å². The predicted octanol–water partition coefficient (Wildman–Crippen LogP) is 4.62. The highest BCUT2D eigenvalue weighted by molar-refractivity contribution is 5.23. The van der Waals surface area contributed by atoms with Crippen LogP contribution in [0.5, 0.6) is 0 Å². The highest BCUT2D eigenvalue weighted by Gasteiger charge is 2.31. The van der Waals surface area contributed by atoms with E-state index in [1.54, 1.807) is 0 Å². The van der Waals surface area contributed by atoms with E-state index in [0.717, 1.165) is 12.3 Å². The van der Waals surface area contributed by atoms with Gasteiger partial charge in [-0.3, -0.25) is 0 Å². The van der Waals surface area contributed by atoms with Crippen molar-refractivity contribution in [3.05, 3.63) is 35.4 Å². The minimum Gasteiger partial charge on any atom is -0.325 e. The van der Waals surface area contributed by atoms with Crippen LogP contribution in [0.1, 0.15) is 63.0 Å². The van der Waals surface area contributed by atoms with Crippen molar-refractivity contribution in [2.75, 3.05) is 0 Å². The van der Waals surface area contributed by atoms with Gasteiger partial charge in [-0.2, -0.15) is 0 Å². The Hall–Kier alpha value is -0.820. The van der Waals surface area contributed by atoms with E-state index in [4.69, 9.17) is 5.73 Å². The molecule has 1 aliphatic rings. The van der Waals surface area contributed by atoms with Crippen LogP contribution in [-0.4, -0.2) is 5.54 Å². The third-order valence-corrected chi connectivity index (χ3v) is 4.74. The van der Waals surface area contributed by atoms with Gasteiger partial charge in [0.15, 0.2) is 0 Å². The average molecular weight is 259 g/mol. The summed E-state index contributed by atoms with van der Waals surface area (Å²) in [7, 11) is 0. The monoisotopic (exact) mass is 259 g/mol. The Bertz CT molecular complexity index is 371. The number of unbranched alkanes of at least 4 members (excludes halogenated alkanes) is 1. The third kappa shape index (κ3) is 4.35. The maximum Gasteiger partial charge on any atom is 0.0195 e. The van der Waals surface area contributed by atoms with Gasteiger partial charge in [-0.05, 0) is 50.5 Å². The second-order valence-corrected chi connectivity index (χ2v) is 6.61. The molecule has 0 aromatic heterocycles. The van der Waals surface area contributed by atoms with Gasteiger partial charge >= 0.3 is 0 Å². The maximum atomic E-state index is 6.62. The van der Waals surface area contributed by atoms with Crippen LogP contribution >= 0.6 is 0 Å². The predicted molar refractivity (Wildman–Crippen MR) is 83.3 cm³/mol. The standard InChI is InChI=1S/C18H29N/c1-3-4-5-16-10-12-18(19,13-11-16)14-17-8-6-15(2)7-9-17/h6-9,16H,3-5,10-14,19H2,1-2H3. The number of benzene rings is 1. The largest absolute Gasteiger partial charge is 0.325 e. The van der Waals surface area contributed by atoms with Gasteiger partial charge in [0.05, 0.1) is 0 Å². The minimum atomic E-state index is 0.0535. The summed E-state index contributed by atoms with van der Waals surface area (Å²) in [5.41, 5.74) is 9.41. The first-order valence-corrected chi connectivity index (χ1v) is 7.96. The molecule has 1 aromatic rings. The van der Waals surface area contributed by atoms with E-state index in [2.05, 4.69) is 38.1 Å². The number of hydrogen-bond acceptors (Lipinski definition) is 1. The molecule has 1 saturated carbocycles. The topological polar surface area (TPSA) is 26.0 Å². The van der Waals surface area contributed by atoms with E-state index >= 15 is 0 Å². The molecule has 0 spiro atoms. The van der Waals surface area contributed by atoms with Crippen molar-refractivity contribution >= 4 is 0 Å². The summed E-state index contributed by atoms with van der Waals surface area (Å²) in [6.45, 7) is 4.42. The molecule has 0 unspecified atom stereocenters. The van der Waals surface area contributed by atoms with Crippen LogP contribution in [0.25, 0.3) is 0 Å². The van der Waals surface area contributed by atoms with Crippen molar-refractivity contribution in [2.45, 2.75) is 70.8 Å². The fraction of sp³-hybridized carbons (Fsp3) is 0.667. The van der Waals surface area contributed by atoms with E-state index in [0.29, 0.717) is 0 Å². The van der Waals surface area contributed by atoms with Crippen LogP contribution in [0.3, 0.4) is 0 Å². The van der Waals surface area contributed by atoms with Crippen LogP contribution in [-0.2, 0) is 6.42 Å². The van der Waals surface area contributed by atoms with E-state index in [9.17, 15) is 0 Å². The van der Waals surface area contributed by atoms with Crippen LogP contribution in [0.2, 0.25) is 0 Å². The Morgan fingerprint density at radius 1 is 1.16 bits per heavy atom. The second kappa shape index (κ2) is 6.56.